The fourth-order valence-corrected chi connectivity index (χ4v) is 6.44. The Hall–Kier alpha value is -1.24. The minimum atomic E-state index is -2.82. The molecule has 0 bridgehead atoms. The van der Waals surface area contributed by atoms with Gasteiger partial charge in [-0.2, -0.15) is 0 Å². The van der Waals surface area contributed by atoms with E-state index in [-0.39, 0.29) is 11.8 Å². The monoisotopic (exact) mass is 392 g/mol. The van der Waals surface area contributed by atoms with Crippen molar-refractivity contribution in [1.82, 2.24) is 10.2 Å². The van der Waals surface area contributed by atoms with Gasteiger partial charge in [-0.15, -0.1) is 0 Å². The fourth-order valence-electron chi connectivity index (χ4n) is 4.75. The molecule has 0 aromatic heterocycles. The maximum atomic E-state index is 12.0. The summed E-state index contributed by atoms with van der Waals surface area (Å²) in [6.45, 7) is 10.7. The molecule has 1 atom stereocenters. The zero-order valence-electron chi connectivity index (χ0n) is 17.0. The molecule has 2 heterocycles. The minimum absolute atomic E-state index is 0.131. The van der Waals surface area contributed by atoms with Crippen LogP contribution in [0.1, 0.15) is 58.8 Å². The summed E-state index contributed by atoms with van der Waals surface area (Å²) in [5.74, 6) is 0.761. The van der Waals surface area contributed by atoms with E-state index in [1.165, 1.54) is 11.1 Å². The summed E-state index contributed by atoms with van der Waals surface area (Å²) in [6.07, 6.45) is 2.83. The molecule has 2 aliphatic heterocycles. The molecule has 0 saturated carbocycles. The van der Waals surface area contributed by atoms with Crippen molar-refractivity contribution >= 4 is 15.6 Å². The molecule has 0 aliphatic carbocycles. The van der Waals surface area contributed by atoms with E-state index in [2.05, 4.69) is 30.1 Å². The first-order valence-corrected chi connectivity index (χ1v) is 11.8. The number of carbonyl (C=O) groups is 1. The van der Waals surface area contributed by atoms with E-state index in [4.69, 9.17) is 0 Å². The summed E-state index contributed by atoms with van der Waals surface area (Å²) >= 11 is 0. The Morgan fingerprint density at radius 2 is 1.78 bits per heavy atom. The van der Waals surface area contributed by atoms with Gasteiger partial charge in [0.25, 0.3) is 0 Å². The standard InChI is InChI=1S/C21H32N2O3S/c1-14-11-15(2)21(17(4)24)16(3)20(14)12-23-8-5-18(6-9-23)22-19-7-10-27(25,26)13-19/h11,18-19,22H,5-10,12-13H2,1-4H3. The third-order valence-electron chi connectivity index (χ3n) is 6.16. The van der Waals surface area contributed by atoms with Gasteiger partial charge in [0, 0.05) is 24.2 Å². The van der Waals surface area contributed by atoms with Crippen molar-refractivity contribution in [3.63, 3.8) is 0 Å². The lowest BCUT2D eigenvalue weighted by Crippen LogP contribution is -2.46. The number of benzene rings is 1. The number of carbonyl (C=O) groups excluding carboxylic acids is 1. The molecular formula is C21H32N2O3S. The lowest BCUT2D eigenvalue weighted by Gasteiger charge is -2.34. The van der Waals surface area contributed by atoms with Crippen LogP contribution >= 0.6 is 0 Å². The quantitative estimate of drug-likeness (QED) is 0.780. The molecule has 3 rings (SSSR count). The molecule has 1 aromatic carbocycles. The van der Waals surface area contributed by atoms with Crippen LogP contribution in [0.3, 0.4) is 0 Å². The number of Topliss-reactive ketones (excluding diaryl/α,β-unsaturated/α-hetero) is 1. The van der Waals surface area contributed by atoms with Crippen LogP contribution in [0.2, 0.25) is 0 Å². The summed E-state index contributed by atoms with van der Waals surface area (Å²) in [5.41, 5.74) is 5.59. The van der Waals surface area contributed by atoms with E-state index < -0.39 is 9.84 Å². The second-order valence-corrected chi connectivity index (χ2v) is 10.6. The summed E-state index contributed by atoms with van der Waals surface area (Å²) in [7, 11) is -2.82. The Bertz CT molecular complexity index is 824. The number of nitrogens with one attached hydrogen (secondary N) is 1. The van der Waals surface area contributed by atoms with E-state index in [0.29, 0.717) is 17.5 Å². The smallest absolute Gasteiger partial charge is 0.160 e. The Morgan fingerprint density at radius 1 is 1.11 bits per heavy atom. The van der Waals surface area contributed by atoms with Crippen LogP contribution < -0.4 is 5.32 Å². The highest BCUT2D eigenvalue weighted by Gasteiger charge is 2.30. The number of piperidine rings is 1. The van der Waals surface area contributed by atoms with E-state index in [1.54, 1.807) is 6.92 Å². The lowest BCUT2D eigenvalue weighted by atomic mass is 9.91. The summed E-state index contributed by atoms with van der Waals surface area (Å²) in [5, 5.41) is 3.56. The van der Waals surface area contributed by atoms with Crippen LogP contribution in [0.4, 0.5) is 0 Å². The van der Waals surface area contributed by atoms with Crippen molar-refractivity contribution in [2.75, 3.05) is 24.6 Å². The van der Waals surface area contributed by atoms with Crippen molar-refractivity contribution in [2.24, 2.45) is 0 Å². The zero-order chi connectivity index (χ0) is 19.8. The SMILES string of the molecule is CC(=O)c1c(C)cc(C)c(CN2CCC(NC3CCS(=O)(=O)C3)CC2)c1C. The molecule has 0 radical (unpaired) electrons. The van der Waals surface area contributed by atoms with Gasteiger partial charge in [0.05, 0.1) is 11.5 Å². The molecular weight excluding hydrogens is 360 g/mol. The van der Waals surface area contributed by atoms with Crippen LogP contribution in [0, 0.1) is 20.8 Å². The molecule has 6 heteroatoms. The van der Waals surface area contributed by atoms with E-state index in [0.717, 1.165) is 55.6 Å². The highest BCUT2D eigenvalue weighted by molar-refractivity contribution is 7.91. The van der Waals surface area contributed by atoms with Crippen LogP contribution in [0.5, 0.6) is 0 Å². The van der Waals surface area contributed by atoms with Gasteiger partial charge in [-0.05, 0) is 82.3 Å². The number of nitrogens with zero attached hydrogens (tertiary/aromatic N) is 1. The van der Waals surface area contributed by atoms with Crippen LogP contribution in [-0.2, 0) is 16.4 Å². The molecule has 1 aromatic rings. The Labute approximate surface area is 163 Å². The van der Waals surface area contributed by atoms with Gasteiger partial charge < -0.3 is 5.32 Å². The third-order valence-corrected chi connectivity index (χ3v) is 7.92. The molecule has 0 amide bonds. The van der Waals surface area contributed by atoms with Gasteiger partial charge in [-0.25, -0.2) is 8.42 Å². The number of likely N-dealkylation sites (tertiary alicyclic amines) is 1. The fraction of sp³-hybridized carbons (Fsp3) is 0.667. The maximum Gasteiger partial charge on any atom is 0.160 e. The van der Waals surface area contributed by atoms with Gasteiger partial charge in [-0.1, -0.05) is 6.07 Å². The number of aryl methyl sites for hydroxylation is 2. The number of sulfone groups is 1. The number of hydrogen-bond acceptors (Lipinski definition) is 5. The second-order valence-electron chi connectivity index (χ2n) is 8.36. The highest BCUT2D eigenvalue weighted by atomic mass is 32.2. The number of hydrogen-bond donors (Lipinski definition) is 1. The van der Waals surface area contributed by atoms with E-state index >= 15 is 0 Å². The van der Waals surface area contributed by atoms with Crippen molar-refractivity contribution < 1.29 is 13.2 Å². The van der Waals surface area contributed by atoms with Crippen molar-refractivity contribution in [2.45, 2.75) is 65.6 Å². The first kappa shape index (κ1) is 20.5. The molecule has 2 fully saturated rings. The van der Waals surface area contributed by atoms with E-state index in [1.807, 2.05) is 6.92 Å². The van der Waals surface area contributed by atoms with E-state index in [9.17, 15) is 13.2 Å². The van der Waals surface area contributed by atoms with Crippen molar-refractivity contribution in [1.29, 1.82) is 0 Å². The average Bonchev–Trinajstić information content (AvgIpc) is 2.91. The molecule has 2 aliphatic rings. The minimum Gasteiger partial charge on any atom is -0.310 e. The predicted octanol–water partition coefficient (Wildman–Crippen LogP) is 2.56. The highest BCUT2D eigenvalue weighted by Crippen LogP contribution is 2.25. The second kappa shape index (κ2) is 8.02. The molecule has 27 heavy (non-hydrogen) atoms. The number of ketones is 1. The molecule has 2 saturated heterocycles. The zero-order valence-corrected chi connectivity index (χ0v) is 17.8. The molecule has 0 spiro atoms. The molecule has 1 N–H and O–H groups in total. The predicted molar refractivity (Wildman–Crippen MR) is 109 cm³/mol. The third kappa shape index (κ3) is 4.79. The van der Waals surface area contributed by atoms with Crippen molar-refractivity contribution in [3.05, 3.63) is 33.9 Å². The summed E-state index contributed by atoms with van der Waals surface area (Å²) in [4.78, 5) is 14.5. The average molecular weight is 393 g/mol. The molecule has 1 unspecified atom stereocenters. The maximum absolute atomic E-state index is 12.0. The largest absolute Gasteiger partial charge is 0.310 e. The van der Waals surface area contributed by atoms with Gasteiger partial charge in [0.1, 0.15) is 0 Å². The first-order valence-electron chi connectivity index (χ1n) is 9.95. The van der Waals surface area contributed by atoms with Gasteiger partial charge >= 0.3 is 0 Å². The first-order chi connectivity index (χ1) is 12.7. The van der Waals surface area contributed by atoms with Crippen LogP contribution in [0.15, 0.2) is 6.07 Å². The molecule has 150 valence electrons. The Balaban J connectivity index is 1.60. The summed E-state index contributed by atoms with van der Waals surface area (Å²) in [6, 6.07) is 2.67. The van der Waals surface area contributed by atoms with Gasteiger partial charge in [-0.3, -0.25) is 9.69 Å². The molecule has 5 nitrogen and oxygen atoms in total. The van der Waals surface area contributed by atoms with Crippen molar-refractivity contribution in [3.8, 4) is 0 Å². The Kier molecular flexibility index (Phi) is 6.08. The van der Waals surface area contributed by atoms with Gasteiger partial charge in [0.2, 0.25) is 0 Å². The number of rotatable bonds is 5. The van der Waals surface area contributed by atoms with Crippen LogP contribution in [-0.4, -0.2) is 55.8 Å². The summed E-state index contributed by atoms with van der Waals surface area (Å²) < 4.78 is 23.3. The topological polar surface area (TPSA) is 66.5 Å². The normalized spacial score (nSPS) is 23.6. The van der Waals surface area contributed by atoms with Crippen LogP contribution in [0.25, 0.3) is 0 Å². The Morgan fingerprint density at radius 3 is 2.33 bits per heavy atom. The van der Waals surface area contributed by atoms with Gasteiger partial charge in [0.15, 0.2) is 15.6 Å². The lowest BCUT2D eigenvalue weighted by molar-refractivity contribution is 0.101.